The molecule has 8 nitrogen and oxygen atoms in total. The highest BCUT2D eigenvalue weighted by Crippen LogP contribution is 2.35. The number of unbranched alkanes of at least 4 members (excludes halogenated alkanes) is 1. The lowest BCUT2D eigenvalue weighted by Gasteiger charge is -2.47. The van der Waals surface area contributed by atoms with Crippen LogP contribution in [0, 0.1) is 0 Å². The molecule has 2 aliphatic heterocycles. The second kappa shape index (κ2) is 14.8. The van der Waals surface area contributed by atoms with Crippen LogP contribution in [-0.4, -0.2) is 99.6 Å². The first-order valence-electron chi connectivity index (χ1n) is 15.9. The lowest BCUT2D eigenvalue weighted by atomic mass is 9.92. The maximum atomic E-state index is 13.7. The van der Waals surface area contributed by atoms with E-state index in [2.05, 4.69) is 71.0 Å². The predicted octanol–water partition coefficient (Wildman–Crippen LogP) is 5.09. The topological polar surface area (TPSA) is 87.6 Å². The van der Waals surface area contributed by atoms with E-state index >= 15 is 0 Å². The fourth-order valence-electron chi connectivity index (χ4n) is 6.70. The van der Waals surface area contributed by atoms with E-state index in [4.69, 9.17) is 5.11 Å². The van der Waals surface area contributed by atoms with Gasteiger partial charge in [-0.1, -0.05) is 54.6 Å². The Kier molecular flexibility index (Phi) is 10.7. The van der Waals surface area contributed by atoms with Crippen molar-refractivity contribution in [3.8, 4) is 5.75 Å². The molecule has 234 valence electrons. The zero-order chi connectivity index (χ0) is 31.1. The largest absolute Gasteiger partial charge is 0.508 e. The Morgan fingerprint density at radius 3 is 2.23 bits per heavy atom. The van der Waals surface area contributed by atoms with Crippen molar-refractivity contribution in [2.45, 2.75) is 57.8 Å². The molecule has 3 aromatic carbocycles. The van der Waals surface area contributed by atoms with E-state index in [1.807, 2.05) is 35.2 Å². The van der Waals surface area contributed by atoms with Gasteiger partial charge in [0.25, 0.3) is 5.91 Å². The van der Waals surface area contributed by atoms with Crippen LogP contribution < -0.4 is 0 Å². The summed E-state index contributed by atoms with van der Waals surface area (Å²) in [5, 5.41) is 19.3. The molecule has 0 spiro atoms. The summed E-state index contributed by atoms with van der Waals surface area (Å²) in [5.41, 5.74) is 4.07. The van der Waals surface area contributed by atoms with Crippen molar-refractivity contribution in [1.82, 2.24) is 19.6 Å². The van der Waals surface area contributed by atoms with Gasteiger partial charge in [-0.2, -0.15) is 0 Å². The Morgan fingerprint density at radius 1 is 0.818 bits per heavy atom. The number of carboxylic acids is 1. The molecular formula is C36H46N4O4. The molecule has 0 bridgehead atoms. The first-order chi connectivity index (χ1) is 21.3. The van der Waals surface area contributed by atoms with Gasteiger partial charge in [0.15, 0.2) is 0 Å². The van der Waals surface area contributed by atoms with Crippen molar-refractivity contribution in [2.24, 2.45) is 0 Å². The van der Waals surface area contributed by atoms with Crippen molar-refractivity contribution >= 4 is 11.9 Å². The average molecular weight is 599 g/mol. The summed E-state index contributed by atoms with van der Waals surface area (Å²) in [6.07, 6.45) is 1.75. The minimum Gasteiger partial charge on any atom is -0.508 e. The third kappa shape index (κ3) is 8.05. The van der Waals surface area contributed by atoms with E-state index in [-0.39, 0.29) is 30.2 Å². The van der Waals surface area contributed by atoms with Crippen LogP contribution in [0.15, 0.2) is 78.9 Å². The van der Waals surface area contributed by atoms with Crippen molar-refractivity contribution in [1.29, 1.82) is 0 Å². The highest BCUT2D eigenvalue weighted by molar-refractivity contribution is 5.94. The van der Waals surface area contributed by atoms with E-state index in [1.54, 1.807) is 6.07 Å². The summed E-state index contributed by atoms with van der Waals surface area (Å²) in [7, 11) is 0. The molecule has 0 saturated carbocycles. The minimum atomic E-state index is -0.747. The maximum Gasteiger partial charge on any atom is 0.303 e. The van der Waals surface area contributed by atoms with Crippen LogP contribution in [0.4, 0.5) is 0 Å². The van der Waals surface area contributed by atoms with Crippen molar-refractivity contribution < 1.29 is 19.8 Å². The molecule has 3 atom stereocenters. The second-order valence-electron chi connectivity index (χ2n) is 12.4. The van der Waals surface area contributed by atoms with Crippen LogP contribution in [0.5, 0.6) is 5.75 Å². The summed E-state index contributed by atoms with van der Waals surface area (Å²) in [6.45, 7) is 11.0. The van der Waals surface area contributed by atoms with Gasteiger partial charge in [0.1, 0.15) is 5.75 Å². The number of phenolic OH excluding ortho intramolecular Hbond substituents is 1. The summed E-state index contributed by atoms with van der Waals surface area (Å²) in [6, 6.07) is 26.7. The van der Waals surface area contributed by atoms with Gasteiger partial charge >= 0.3 is 5.97 Å². The summed E-state index contributed by atoms with van der Waals surface area (Å²) < 4.78 is 0. The maximum absolute atomic E-state index is 13.7. The smallest absolute Gasteiger partial charge is 0.303 e. The number of nitrogens with zero attached hydrogens (tertiary/aromatic N) is 4. The van der Waals surface area contributed by atoms with E-state index in [0.29, 0.717) is 31.1 Å². The third-order valence-electron chi connectivity index (χ3n) is 9.13. The fraction of sp³-hybridized carbons (Fsp3) is 0.444. The van der Waals surface area contributed by atoms with Gasteiger partial charge in [0, 0.05) is 69.9 Å². The zero-order valence-corrected chi connectivity index (χ0v) is 26.0. The van der Waals surface area contributed by atoms with Gasteiger partial charge in [-0.15, -0.1) is 0 Å². The Morgan fingerprint density at radius 2 is 1.52 bits per heavy atom. The highest BCUT2D eigenvalue weighted by Gasteiger charge is 2.35. The van der Waals surface area contributed by atoms with E-state index in [9.17, 15) is 14.7 Å². The van der Waals surface area contributed by atoms with Gasteiger partial charge in [0.2, 0.25) is 0 Å². The van der Waals surface area contributed by atoms with E-state index < -0.39 is 5.97 Å². The Bertz CT molecular complexity index is 1390. The van der Waals surface area contributed by atoms with Gasteiger partial charge in [-0.25, -0.2) is 0 Å². The van der Waals surface area contributed by atoms with Crippen LogP contribution in [0.2, 0.25) is 0 Å². The monoisotopic (exact) mass is 598 g/mol. The standard InChI is InChI=1S/C36H46N4O4/c1-27-25-40(28(2)24-39(27)26-29-10-4-3-5-11-29)35(31-13-9-15-33(41)23-31)30-12-8-14-32(22-30)36(44)38-20-18-37(19-21-38)17-7-6-16-34(42)43/h3-5,8-15,22-23,27-28,35,41H,6-7,16-21,24-26H2,1-2H3,(H,42,43)/t27-,28-,35?/m1/s1. The first-order valence-corrected chi connectivity index (χ1v) is 15.9. The zero-order valence-electron chi connectivity index (χ0n) is 26.0. The molecule has 0 aromatic heterocycles. The molecule has 8 heteroatoms. The fourth-order valence-corrected chi connectivity index (χ4v) is 6.70. The number of aromatic hydroxyl groups is 1. The number of carboxylic acid groups (broad SMARTS) is 1. The second-order valence-corrected chi connectivity index (χ2v) is 12.4. The number of piperazine rings is 2. The van der Waals surface area contributed by atoms with Gasteiger partial charge < -0.3 is 15.1 Å². The molecule has 3 aromatic rings. The van der Waals surface area contributed by atoms with Crippen LogP contribution in [0.1, 0.15) is 66.2 Å². The number of hydrogen-bond acceptors (Lipinski definition) is 6. The molecule has 1 unspecified atom stereocenters. The van der Waals surface area contributed by atoms with Crippen LogP contribution in [0.3, 0.4) is 0 Å². The number of amides is 1. The summed E-state index contributed by atoms with van der Waals surface area (Å²) in [4.78, 5) is 33.8. The SMILES string of the molecule is C[C@@H]1CN(C(c2cccc(O)c2)c2cccc(C(=O)N3CCN(CCCCC(=O)O)CC3)c2)[C@H](C)CN1Cc1ccccc1. The summed E-state index contributed by atoms with van der Waals surface area (Å²) in [5.74, 6) is -0.464. The van der Waals surface area contributed by atoms with Crippen molar-refractivity contribution in [2.75, 3.05) is 45.8 Å². The van der Waals surface area contributed by atoms with Crippen molar-refractivity contribution in [3.63, 3.8) is 0 Å². The minimum absolute atomic E-state index is 0.0427. The molecule has 2 aliphatic rings. The first kappa shape index (κ1) is 31.7. The number of rotatable bonds is 11. The molecule has 1 amide bonds. The molecule has 2 N–H and O–H groups in total. The molecule has 5 rings (SSSR count). The Labute approximate surface area is 261 Å². The molecule has 0 radical (unpaired) electrons. The lowest BCUT2D eigenvalue weighted by Crippen LogP contribution is -2.56. The molecular weight excluding hydrogens is 552 g/mol. The quantitative estimate of drug-likeness (QED) is 0.298. The van der Waals surface area contributed by atoms with Crippen LogP contribution >= 0.6 is 0 Å². The Hall–Kier alpha value is -3.72. The number of aliphatic carboxylic acids is 1. The van der Waals surface area contributed by atoms with Crippen LogP contribution in [-0.2, 0) is 11.3 Å². The normalized spacial score (nSPS) is 20.8. The number of carbonyl (C=O) groups excluding carboxylic acids is 1. The third-order valence-corrected chi connectivity index (χ3v) is 9.13. The molecule has 0 aliphatic carbocycles. The van der Waals surface area contributed by atoms with E-state index in [0.717, 1.165) is 56.8 Å². The van der Waals surface area contributed by atoms with Gasteiger partial charge in [-0.05, 0) is 74.2 Å². The Balaban J connectivity index is 1.31. The predicted molar refractivity (Wildman–Crippen MR) is 173 cm³/mol. The number of phenols is 1. The molecule has 2 saturated heterocycles. The van der Waals surface area contributed by atoms with Gasteiger partial charge in [0.05, 0.1) is 6.04 Å². The van der Waals surface area contributed by atoms with Crippen molar-refractivity contribution in [3.05, 3.63) is 101 Å². The number of hydrogen-bond donors (Lipinski definition) is 2. The average Bonchev–Trinajstić information content (AvgIpc) is 3.02. The molecule has 2 heterocycles. The van der Waals surface area contributed by atoms with Gasteiger partial charge in [-0.3, -0.25) is 24.3 Å². The number of carbonyl (C=O) groups is 2. The lowest BCUT2D eigenvalue weighted by molar-refractivity contribution is -0.137. The van der Waals surface area contributed by atoms with Crippen LogP contribution in [0.25, 0.3) is 0 Å². The number of benzene rings is 3. The molecule has 2 fully saturated rings. The highest BCUT2D eigenvalue weighted by atomic mass is 16.4. The summed E-state index contributed by atoms with van der Waals surface area (Å²) >= 11 is 0. The molecule has 44 heavy (non-hydrogen) atoms. The van der Waals surface area contributed by atoms with E-state index in [1.165, 1.54) is 5.56 Å².